The van der Waals surface area contributed by atoms with E-state index < -0.39 is 5.66 Å². The molecule has 25 heavy (non-hydrogen) atoms. The third-order valence-electron chi connectivity index (χ3n) is 5.54. The first-order valence-corrected chi connectivity index (χ1v) is 8.49. The highest BCUT2D eigenvalue weighted by Crippen LogP contribution is 2.53. The Morgan fingerprint density at radius 1 is 1.20 bits per heavy atom. The van der Waals surface area contributed by atoms with E-state index >= 15 is 0 Å². The second kappa shape index (κ2) is 5.19. The van der Waals surface area contributed by atoms with Crippen molar-refractivity contribution in [2.24, 2.45) is 0 Å². The Bertz CT molecular complexity index is 903. The van der Waals surface area contributed by atoms with Gasteiger partial charge in [-0.1, -0.05) is 55.8 Å². The zero-order chi connectivity index (χ0) is 17.8. The van der Waals surface area contributed by atoms with Gasteiger partial charge in [0, 0.05) is 16.7 Å². The van der Waals surface area contributed by atoms with Crippen molar-refractivity contribution < 1.29 is 9.18 Å². The van der Waals surface area contributed by atoms with Crippen molar-refractivity contribution in [3.05, 3.63) is 71.0 Å². The fraction of sp³-hybridized carbons (Fsp3) is 0.286. The van der Waals surface area contributed by atoms with Gasteiger partial charge >= 0.3 is 0 Å². The van der Waals surface area contributed by atoms with Gasteiger partial charge in [0.15, 0.2) is 0 Å². The molecule has 0 aromatic heterocycles. The molecule has 0 radical (unpaired) electrons. The van der Waals surface area contributed by atoms with Crippen molar-refractivity contribution in [1.29, 1.82) is 0 Å². The predicted octanol–water partition coefficient (Wildman–Crippen LogP) is 3.77. The fourth-order valence-corrected chi connectivity index (χ4v) is 4.11. The fourth-order valence-electron chi connectivity index (χ4n) is 4.11. The largest absolute Gasteiger partial charge is 0.335 e. The van der Waals surface area contributed by atoms with Crippen LogP contribution in [0.15, 0.2) is 48.5 Å². The Morgan fingerprint density at radius 2 is 1.96 bits per heavy atom. The summed E-state index contributed by atoms with van der Waals surface area (Å²) in [5.41, 5.74) is 2.93. The van der Waals surface area contributed by atoms with E-state index in [-0.39, 0.29) is 17.1 Å². The number of hydrogen-bond acceptors (Lipinski definition) is 2. The maximum atomic E-state index is 14.0. The molecule has 4 rings (SSSR count). The monoisotopic (exact) mass is 336 g/mol. The van der Waals surface area contributed by atoms with E-state index in [1.165, 1.54) is 17.2 Å². The first kappa shape index (κ1) is 15.9. The molecule has 3 nitrogen and oxygen atoms in total. The number of carbonyl (C=O) groups excluding carboxylic acids is 1. The molecule has 2 aromatic rings. The van der Waals surface area contributed by atoms with Crippen LogP contribution in [-0.4, -0.2) is 18.1 Å². The van der Waals surface area contributed by atoms with E-state index in [9.17, 15) is 9.18 Å². The Morgan fingerprint density at radius 3 is 2.72 bits per heavy atom. The standard InChI is InChI=1S/C21H21FN2O/c1-14-8-9-18-16(12-14)20(2,3)21(23-19(25)13-24(18)21)11-10-15-6-4-5-7-17(15)22/h4-12H,13H2,1-3H3,(H,23,25)/b11-10+/t21-/m0/s1. The molecule has 1 N–H and O–H groups in total. The van der Waals surface area contributed by atoms with Crippen LogP contribution >= 0.6 is 0 Å². The second-order valence-corrected chi connectivity index (χ2v) is 7.40. The van der Waals surface area contributed by atoms with Crippen LogP contribution in [0.3, 0.4) is 0 Å². The van der Waals surface area contributed by atoms with Crippen LogP contribution in [0.4, 0.5) is 10.1 Å². The molecule has 1 fully saturated rings. The van der Waals surface area contributed by atoms with Crippen molar-refractivity contribution >= 4 is 17.7 Å². The zero-order valence-electron chi connectivity index (χ0n) is 14.6. The number of benzene rings is 2. The molecule has 0 saturated carbocycles. The molecule has 4 heteroatoms. The highest BCUT2D eigenvalue weighted by molar-refractivity contribution is 5.91. The second-order valence-electron chi connectivity index (χ2n) is 7.40. The predicted molar refractivity (Wildman–Crippen MR) is 97.9 cm³/mol. The Hall–Kier alpha value is -2.62. The van der Waals surface area contributed by atoms with Gasteiger partial charge in [-0.2, -0.15) is 0 Å². The number of amides is 1. The van der Waals surface area contributed by atoms with Gasteiger partial charge in [-0.25, -0.2) is 4.39 Å². The Balaban J connectivity index is 1.87. The van der Waals surface area contributed by atoms with E-state index in [0.717, 1.165) is 5.69 Å². The molecule has 0 aliphatic carbocycles. The number of nitrogens with zero attached hydrogens (tertiary/aromatic N) is 1. The maximum absolute atomic E-state index is 14.0. The Kier molecular flexibility index (Phi) is 3.29. The van der Waals surface area contributed by atoms with Crippen molar-refractivity contribution in [1.82, 2.24) is 5.32 Å². The molecule has 2 aliphatic heterocycles. The summed E-state index contributed by atoms with van der Waals surface area (Å²) in [6.45, 7) is 6.63. The van der Waals surface area contributed by atoms with Crippen LogP contribution in [0.1, 0.15) is 30.5 Å². The highest BCUT2D eigenvalue weighted by Gasteiger charge is 2.59. The summed E-state index contributed by atoms with van der Waals surface area (Å²) in [6.07, 6.45) is 3.71. The van der Waals surface area contributed by atoms with E-state index in [1.807, 2.05) is 12.1 Å². The first-order valence-electron chi connectivity index (χ1n) is 8.49. The van der Waals surface area contributed by atoms with Crippen molar-refractivity contribution in [3.63, 3.8) is 0 Å². The lowest BCUT2D eigenvalue weighted by atomic mass is 9.75. The molecular formula is C21H21FN2O. The Labute approximate surface area is 147 Å². The summed E-state index contributed by atoms with van der Waals surface area (Å²) in [4.78, 5) is 14.3. The lowest BCUT2D eigenvalue weighted by Crippen LogP contribution is -2.58. The SMILES string of the molecule is Cc1ccc2c(c1)C(C)(C)[C@@]1(/C=C/c3ccccc3F)NC(=O)CN21. The first-order chi connectivity index (χ1) is 11.8. The topological polar surface area (TPSA) is 32.3 Å². The minimum atomic E-state index is -0.692. The molecule has 1 atom stereocenters. The van der Waals surface area contributed by atoms with Gasteiger partial charge in [0.25, 0.3) is 0 Å². The molecule has 1 saturated heterocycles. The summed E-state index contributed by atoms with van der Waals surface area (Å²) in [5.74, 6) is -0.285. The average Bonchev–Trinajstić information content (AvgIpc) is 2.99. The van der Waals surface area contributed by atoms with E-state index in [4.69, 9.17) is 0 Å². The van der Waals surface area contributed by atoms with Crippen molar-refractivity contribution in [2.75, 3.05) is 11.4 Å². The minimum Gasteiger partial charge on any atom is -0.335 e. The third kappa shape index (κ3) is 2.13. The maximum Gasteiger partial charge on any atom is 0.241 e. The number of hydrogen-bond donors (Lipinski definition) is 1. The van der Waals surface area contributed by atoms with E-state index in [1.54, 1.807) is 18.2 Å². The summed E-state index contributed by atoms with van der Waals surface area (Å²) in [5, 5.41) is 3.15. The number of nitrogens with one attached hydrogen (secondary N) is 1. The molecular weight excluding hydrogens is 315 g/mol. The number of carbonyl (C=O) groups is 1. The van der Waals surface area contributed by atoms with E-state index in [2.05, 4.69) is 49.2 Å². The van der Waals surface area contributed by atoms with Crippen molar-refractivity contribution in [3.8, 4) is 0 Å². The lowest BCUT2D eigenvalue weighted by molar-refractivity contribution is -0.118. The molecule has 2 aliphatic rings. The summed E-state index contributed by atoms with van der Waals surface area (Å²) in [6, 6.07) is 13.0. The van der Waals surface area contributed by atoms with Gasteiger partial charge in [0.05, 0.1) is 6.54 Å². The van der Waals surface area contributed by atoms with Gasteiger partial charge in [-0.05, 0) is 30.7 Å². The molecule has 0 unspecified atom stereocenters. The number of aryl methyl sites for hydroxylation is 1. The minimum absolute atomic E-state index is 0.0162. The number of anilines is 1. The number of fused-ring (bicyclic) bond motifs is 3. The molecule has 0 spiro atoms. The number of halogens is 1. The van der Waals surface area contributed by atoms with E-state index in [0.29, 0.717) is 12.1 Å². The van der Waals surface area contributed by atoms with Crippen LogP contribution in [0, 0.1) is 12.7 Å². The normalized spacial score (nSPS) is 23.7. The molecule has 2 heterocycles. The summed E-state index contributed by atoms with van der Waals surface area (Å²) < 4.78 is 14.0. The third-order valence-corrected chi connectivity index (χ3v) is 5.54. The van der Waals surface area contributed by atoms with Crippen molar-refractivity contribution in [2.45, 2.75) is 31.8 Å². The van der Waals surface area contributed by atoms with Crippen LogP contribution in [0.5, 0.6) is 0 Å². The van der Waals surface area contributed by atoms with Gasteiger partial charge in [-0.15, -0.1) is 0 Å². The van der Waals surface area contributed by atoms with Gasteiger partial charge in [0.1, 0.15) is 11.5 Å². The highest BCUT2D eigenvalue weighted by atomic mass is 19.1. The van der Waals surface area contributed by atoms with Crippen LogP contribution in [-0.2, 0) is 10.2 Å². The van der Waals surface area contributed by atoms with Crippen LogP contribution < -0.4 is 10.2 Å². The summed E-state index contributed by atoms with van der Waals surface area (Å²) in [7, 11) is 0. The van der Waals surface area contributed by atoms with Crippen LogP contribution in [0.25, 0.3) is 6.08 Å². The molecule has 2 aromatic carbocycles. The van der Waals surface area contributed by atoms with Gasteiger partial charge in [-0.3, -0.25) is 4.79 Å². The zero-order valence-corrected chi connectivity index (χ0v) is 14.6. The van der Waals surface area contributed by atoms with Gasteiger partial charge < -0.3 is 10.2 Å². The lowest BCUT2D eigenvalue weighted by Gasteiger charge is -2.40. The quantitative estimate of drug-likeness (QED) is 0.905. The summed E-state index contributed by atoms with van der Waals surface area (Å²) >= 11 is 0. The molecule has 0 bridgehead atoms. The van der Waals surface area contributed by atoms with Crippen LogP contribution in [0.2, 0.25) is 0 Å². The van der Waals surface area contributed by atoms with Gasteiger partial charge in [0.2, 0.25) is 5.91 Å². The molecule has 1 amide bonds. The number of rotatable bonds is 2. The molecule has 128 valence electrons. The average molecular weight is 336 g/mol. The smallest absolute Gasteiger partial charge is 0.241 e.